The highest BCUT2D eigenvalue weighted by atomic mass is 16.5. The molecule has 0 aliphatic rings. The Bertz CT molecular complexity index is 1060. The minimum atomic E-state index is 0.0503. The molecule has 0 radical (unpaired) electrons. The monoisotopic (exact) mass is 444 g/mol. The van der Waals surface area contributed by atoms with Crippen LogP contribution in [-0.4, -0.2) is 30.7 Å². The zero-order valence-corrected chi connectivity index (χ0v) is 18.7. The summed E-state index contributed by atoms with van der Waals surface area (Å²) in [7, 11) is 0. The van der Waals surface area contributed by atoms with Crippen LogP contribution in [0.25, 0.3) is 0 Å². The number of rotatable bonds is 12. The molecule has 0 bridgehead atoms. The van der Waals surface area contributed by atoms with Gasteiger partial charge in [-0.05, 0) is 86.0 Å². The normalized spacial score (nSPS) is 11.5. The third-order valence-electron chi connectivity index (χ3n) is 4.84. The highest BCUT2D eigenvalue weighted by Crippen LogP contribution is 2.24. The second-order valence-electron chi connectivity index (χ2n) is 7.33. The number of carbonyl (C=O) groups excluding carboxylic acids is 1. The number of carbonyl (C=O) groups is 1. The summed E-state index contributed by atoms with van der Waals surface area (Å²) in [4.78, 5) is 12.1. The molecule has 0 atom stereocenters. The van der Waals surface area contributed by atoms with E-state index < -0.39 is 0 Å². The van der Waals surface area contributed by atoms with Crippen molar-refractivity contribution in [1.82, 2.24) is 0 Å². The van der Waals surface area contributed by atoms with E-state index >= 15 is 0 Å². The molecular weight excluding hydrogens is 416 g/mol. The highest BCUT2D eigenvalue weighted by Gasteiger charge is 2.05. The first-order valence-corrected chi connectivity index (χ1v) is 11.0. The standard InChI is InChI=1S/C26H28N4O3/c1-2-33-19-17-26(32)21-7-11-23(12-8-21)28-30-25-15-13-24(14-16-25)29-27-22-9-5-20(6-10-22)4-3-18-31/h5-16,31H,2-4,17-19H2,1H3. The molecule has 0 spiro atoms. The third kappa shape index (κ3) is 8.14. The number of aliphatic hydroxyl groups is 1. The van der Waals surface area contributed by atoms with Crippen molar-refractivity contribution in [3.8, 4) is 0 Å². The van der Waals surface area contributed by atoms with Gasteiger partial charge < -0.3 is 9.84 Å². The Kier molecular flexibility index (Phi) is 9.57. The number of azo groups is 2. The average molecular weight is 445 g/mol. The Morgan fingerprint density at radius 1 is 0.758 bits per heavy atom. The molecule has 0 amide bonds. The smallest absolute Gasteiger partial charge is 0.165 e. The lowest BCUT2D eigenvalue weighted by atomic mass is 10.1. The van der Waals surface area contributed by atoms with Gasteiger partial charge in [-0.25, -0.2) is 0 Å². The van der Waals surface area contributed by atoms with Gasteiger partial charge in [0.2, 0.25) is 0 Å². The molecule has 0 saturated heterocycles. The maximum atomic E-state index is 12.1. The van der Waals surface area contributed by atoms with Gasteiger partial charge in [-0.1, -0.05) is 12.1 Å². The number of benzene rings is 3. The maximum absolute atomic E-state index is 12.1. The summed E-state index contributed by atoms with van der Waals surface area (Å²) in [6, 6.07) is 22.2. The summed E-state index contributed by atoms with van der Waals surface area (Å²) in [5, 5.41) is 25.9. The van der Waals surface area contributed by atoms with Crippen LogP contribution in [0.2, 0.25) is 0 Å². The largest absolute Gasteiger partial charge is 0.396 e. The summed E-state index contributed by atoms with van der Waals surface area (Å²) in [5.41, 5.74) is 4.66. The number of Topliss-reactive ketones (excluding diaryl/α,β-unsaturated/α-hetero) is 1. The maximum Gasteiger partial charge on any atom is 0.165 e. The van der Waals surface area contributed by atoms with Gasteiger partial charge in [0, 0.05) is 25.2 Å². The van der Waals surface area contributed by atoms with Crippen molar-refractivity contribution in [3.63, 3.8) is 0 Å². The van der Waals surface area contributed by atoms with E-state index in [1.165, 1.54) is 5.56 Å². The quantitative estimate of drug-likeness (QED) is 0.184. The highest BCUT2D eigenvalue weighted by molar-refractivity contribution is 5.96. The van der Waals surface area contributed by atoms with Crippen LogP contribution in [0.3, 0.4) is 0 Å². The second-order valence-corrected chi connectivity index (χ2v) is 7.33. The lowest BCUT2D eigenvalue weighted by molar-refractivity contribution is 0.0896. The first kappa shape index (κ1) is 24.1. The van der Waals surface area contributed by atoms with Crippen molar-refractivity contribution >= 4 is 28.5 Å². The average Bonchev–Trinajstić information content (AvgIpc) is 2.86. The topological polar surface area (TPSA) is 96.0 Å². The van der Waals surface area contributed by atoms with E-state index in [1.807, 2.05) is 55.5 Å². The summed E-state index contributed by atoms with van der Waals surface area (Å²) in [6.07, 6.45) is 1.97. The number of aryl methyl sites for hydroxylation is 1. The number of hydrogen-bond donors (Lipinski definition) is 1. The van der Waals surface area contributed by atoms with E-state index in [0.717, 1.165) is 18.5 Å². The molecule has 3 aromatic carbocycles. The Morgan fingerprint density at radius 2 is 1.21 bits per heavy atom. The lowest BCUT2D eigenvalue weighted by Crippen LogP contribution is -2.04. The molecule has 170 valence electrons. The molecule has 0 aromatic heterocycles. The van der Waals surface area contributed by atoms with Crippen molar-refractivity contribution in [1.29, 1.82) is 0 Å². The molecule has 7 heteroatoms. The van der Waals surface area contributed by atoms with Gasteiger partial charge in [0.25, 0.3) is 0 Å². The fourth-order valence-electron chi connectivity index (χ4n) is 3.00. The first-order chi connectivity index (χ1) is 16.2. The summed E-state index contributed by atoms with van der Waals surface area (Å²) in [5.74, 6) is 0.0503. The molecule has 0 aliphatic heterocycles. The van der Waals surface area contributed by atoms with E-state index in [0.29, 0.717) is 42.3 Å². The van der Waals surface area contributed by atoms with Gasteiger partial charge in [-0.2, -0.15) is 20.5 Å². The van der Waals surface area contributed by atoms with Crippen LogP contribution in [0, 0.1) is 0 Å². The van der Waals surface area contributed by atoms with E-state index in [-0.39, 0.29) is 12.4 Å². The van der Waals surface area contributed by atoms with Gasteiger partial charge in [-0.3, -0.25) is 4.79 Å². The SMILES string of the molecule is CCOCCC(=O)c1ccc(N=Nc2ccc(N=Nc3ccc(CCCO)cc3)cc2)cc1. The number of ether oxygens (including phenoxy) is 1. The molecule has 3 rings (SSSR count). The minimum absolute atomic E-state index is 0.0503. The Hall–Kier alpha value is -3.55. The lowest BCUT2D eigenvalue weighted by Gasteiger charge is -2.02. The van der Waals surface area contributed by atoms with Crippen LogP contribution in [0.1, 0.15) is 35.7 Å². The predicted octanol–water partition coefficient (Wildman–Crippen LogP) is 7.05. The predicted molar refractivity (Wildman–Crippen MR) is 129 cm³/mol. The number of nitrogens with zero attached hydrogens (tertiary/aromatic N) is 4. The molecule has 0 aliphatic carbocycles. The minimum Gasteiger partial charge on any atom is -0.396 e. The fraction of sp³-hybridized carbons (Fsp3) is 0.269. The zero-order valence-electron chi connectivity index (χ0n) is 18.7. The zero-order chi connectivity index (χ0) is 23.3. The van der Waals surface area contributed by atoms with Gasteiger partial charge in [0.15, 0.2) is 5.78 Å². The van der Waals surface area contributed by atoms with Crippen LogP contribution in [0.5, 0.6) is 0 Å². The van der Waals surface area contributed by atoms with E-state index in [4.69, 9.17) is 9.84 Å². The fourth-order valence-corrected chi connectivity index (χ4v) is 3.00. The van der Waals surface area contributed by atoms with Crippen molar-refractivity contribution < 1.29 is 14.6 Å². The molecule has 0 saturated carbocycles. The van der Waals surface area contributed by atoms with Crippen LogP contribution in [-0.2, 0) is 11.2 Å². The molecule has 3 aromatic rings. The van der Waals surface area contributed by atoms with Gasteiger partial charge >= 0.3 is 0 Å². The number of hydrogen-bond acceptors (Lipinski definition) is 7. The molecule has 0 heterocycles. The summed E-state index contributed by atoms with van der Waals surface area (Å²) >= 11 is 0. The molecule has 0 fully saturated rings. The Labute approximate surface area is 193 Å². The summed E-state index contributed by atoms with van der Waals surface area (Å²) < 4.78 is 5.23. The van der Waals surface area contributed by atoms with Crippen LogP contribution < -0.4 is 0 Å². The van der Waals surface area contributed by atoms with Crippen molar-refractivity contribution in [3.05, 3.63) is 83.9 Å². The van der Waals surface area contributed by atoms with Crippen LogP contribution >= 0.6 is 0 Å². The number of ketones is 1. The van der Waals surface area contributed by atoms with Gasteiger partial charge in [0.05, 0.1) is 29.4 Å². The second kappa shape index (κ2) is 13.1. The number of aliphatic hydroxyl groups excluding tert-OH is 1. The molecule has 7 nitrogen and oxygen atoms in total. The molecule has 1 N–H and O–H groups in total. The Balaban J connectivity index is 1.53. The third-order valence-corrected chi connectivity index (χ3v) is 4.84. The van der Waals surface area contributed by atoms with Crippen molar-refractivity contribution in [2.24, 2.45) is 20.5 Å². The van der Waals surface area contributed by atoms with E-state index in [2.05, 4.69) is 20.5 Å². The van der Waals surface area contributed by atoms with Crippen molar-refractivity contribution in [2.75, 3.05) is 19.8 Å². The molecule has 0 unspecified atom stereocenters. The van der Waals surface area contributed by atoms with Crippen LogP contribution in [0.15, 0.2) is 93.3 Å². The van der Waals surface area contributed by atoms with E-state index in [1.54, 1.807) is 24.3 Å². The molecular formula is C26H28N4O3. The van der Waals surface area contributed by atoms with Crippen molar-refractivity contribution in [2.45, 2.75) is 26.2 Å². The van der Waals surface area contributed by atoms with Gasteiger partial charge in [0.1, 0.15) is 0 Å². The molecule has 33 heavy (non-hydrogen) atoms. The van der Waals surface area contributed by atoms with Gasteiger partial charge in [-0.15, -0.1) is 0 Å². The summed E-state index contributed by atoms with van der Waals surface area (Å²) in [6.45, 7) is 3.14. The Morgan fingerprint density at radius 3 is 1.67 bits per heavy atom. The first-order valence-electron chi connectivity index (χ1n) is 11.0. The van der Waals surface area contributed by atoms with Crippen LogP contribution in [0.4, 0.5) is 22.7 Å². The van der Waals surface area contributed by atoms with E-state index in [9.17, 15) is 4.79 Å².